The largest absolute Gasteiger partial charge is 0.493 e. The molecule has 0 aliphatic rings. The van der Waals surface area contributed by atoms with E-state index in [0.717, 1.165) is 0 Å². The molecule has 0 bridgehead atoms. The van der Waals surface area contributed by atoms with Crippen molar-refractivity contribution in [2.45, 2.75) is 32.0 Å². The number of ether oxygens (including phenoxy) is 2. The number of hydrogen-bond donors (Lipinski definition) is 2. The molecule has 0 saturated heterocycles. The van der Waals surface area contributed by atoms with E-state index >= 15 is 0 Å². The van der Waals surface area contributed by atoms with Crippen LogP contribution in [0.25, 0.3) is 0 Å². The van der Waals surface area contributed by atoms with Crippen molar-refractivity contribution in [3.8, 4) is 11.5 Å². The third-order valence-electron chi connectivity index (χ3n) is 3.09. The molecule has 2 unspecified atom stereocenters. The molecule has 6 heteroatoms. The number of methoxy groups -OCH3 is 2. The fourth-order valence-corrected chi connectivity index (χ4v) is 2.01. The van der Waals surface area contributed by atoms with Gasteiger partial charge in [-0.25, -0.2) is 4.39 Å². The minimum absolute atomic E-state index is 0.0738. The van der Waals surface area contributed by atoms with Gasteiger partial charge in [0, 0.05) is 12.5 Å². The Morgan fingerprint density at radius 3 is 2.20 bits per heavy atom. The summed E-state index contributed by atoms with van der Waals surface area (Å²) in [6.45, 7) is 1.40. The highest BCUT2D eigenvalue weighted by Crippen LogP contribution is 2.37. The van der Waals surface area contributed by atoms with Gasteiger partial charge in [-0.3, -0.25) is 4.79 Å². The van der Waals surface area contributed by atoms with Crippen molar-refractivity contribution >= 4 is 5.97 Å². The van der Waals surface area contributed by atoms with Crippen LogP contribution in [0.1, 0.15) is 43.1 Å². The Hall–Kier alpha value is -1.82. The zero-order valence-electron chi connectivity index (χ0n) is 11.9. The van der Waals surface area contributed by atoms with Crippen LogP contribution in [0.3, 0.4) is 0 Å². The highest BCUT2D eigenvalue weighted by Gasteiger charge is 2.20. The van der Waals surface area contributed by atoms with E-state index < -0.39 is 18.2 Å². The first-order valence-electron chi connectivity index (χ1n) is 6.28. The van der Waals surface area contributed by atoms with Crippen molar-refractivity contribution in [2.75, 3.05) is 14.2 Å². The van der Waals surface area contributed by atoms with Gasteiger partial charge in [0.15, 0.2) is 11.5 Å². The zero-order valence-corrected chi connectivity index (χ0v) is 11.9. The molecule has 1 aromatic carbocycles. The number of benzene rings is 1. The molecule has 0 spiro atoms. The van der Waals surface area contributed by atoms with E-state index in [2.05, 4.69) is 0 Å². The Kier molecular flexibility index (Phi) is 5.76. The topological polar surface area (TPSA) is 81.8 Å². The smallest absolute Gasteiger partial charge is 0.303 e. The number of rotatable bonds is 7. The highest BCUT2D eigenvalue weighted by molar-refractivity contribution is 5.66. The number of nitrogens with two attached hydrogens (primary N) is 1. The van der Waals surface area contributed by atoms with Crippen molar-refractivity contribution in [1.29, 1.82) is 0 Å². The van der Waals surface area contributed by atoms with Gasteiger partial charge in [0.2, 0.25) is 0 Å². The summed E-state index contributed by atoms with van der Waals surface area (Å²) in [6.07, 6.45) is -1.08. The van der Waals surface area contributed by atoms with Crippen LogP contribution in [-0.2, 0) is 4.79 Å². The molecule has 20 heavy (non-hydrogen) atoms. The molecule has 112 valence electrons. The Bertz CT molecular complexity index is 476. The molecular formula is C14H20FNO4. The predicted octanol–water partition coefficient (Wildman–Crippen LogP) is 2.60. The Morgan fingerprint density at radius 2 is 1.80 bits per heavy atom. The van der Waals surface area contributed by atoms with Gasteiger partial charge in [-0.15, -0.1) is 0 Å². The third kappa shape index (κ3) is 3.84. The molecule has 0 aliphatic heterocycles. The second kappa shape index (κ2) is 7.09. The monoisotopic (exact) mass is 285 g/mol. The van der Waals surface area contributed by atoms with Gasteiger partial charge in [-0.2, -0.15) is 0 Å². The number of hydrogen-bond acceptors (Lipinski definition) is 4. The van der Waals surface area contributed by atoms with Gasteiger partial charge in [0.1, 0.15) is 6.17 Å². The van der Waals surface area contributed by atoms with Crippen LogP contribution in [0, 0.1) is 0 Å². The Balaban J connectivity index is 3.17. The zero-order chi connectivity index (χ0) is 15.3. The average molecular weight is 285 g/mol. The molecular weight excluding hydrogens is 265 g/mol. The van der Waals surface area contributed by atoms with E-state index in [-0.39, 0.29) is 12.8 Å². The quantitative estimate of drug-likeness (QED) is 0.804. The number of alkyl halides is 1. The first-order valence-corrected chi connectivity index (χ1v) is 6.28. The molecule has 5 nitrogen and oxygen atoms in total. The predicted molar refractivity (Wildman–Crippen MR) is 72.9 cm³/mol. The first-order chi connectivity index (χ1) is 9.40. The molecule has 1 rings (SSSR count). The molecule has 2 atom stereocenters. The standard InChI is InChI=1S/C14H20FNO4/c1-8(15)9-6-12(19-2)13(20-3)7-10(9)11(16)4-5-14(17)18/h6-8,11H,4-5,16H2,1-3H3,(H,17,18). The van der Waals surface area contributed by atoms with Crippen LogP contribution in [0.15, 0.2) is 12.1 Å². The molecule has 0 aliphatic carbocycles. The van der Waals surface area contributed by atoms with E-state index in [0.29, 0.717) is 22.6 Å². The van der Waals surface area contributed by atoms with Crippen LogP contribution < -0.4 is 15.2 Å². The molecule has 0 amide bonds. The van der Waals surface area contributed by atoms with Gasteiger partial charge in [-0.1, -0.05) is 0 Å². The summed E-state index contributed by atoms with van der Waals surface area (Å²) in [6, 6.07) is 2.58. The molecule has 3 N–H and O–H groups in total. The van der Waals surface area contributed by atoms with E-state index in [1.54, 1.807) is 12.1 Å². The van der Waals surface area contributed by atoms with E-state index in [1.807, 2.05) is 0 Å². The first kappa shape index (κ1) is 16.2. The van der Waals surface area contributed by atoms with Crippen molar-refractivity contribution in [3.63, 3.8) is 0 Å². The summed E-state index contributed by atoms with van der Waals surface area (Å²) >= 11 is 0. The van der Waals surface area contributed by atoms with Crippen molar-refractivity contribution in [1.82, 2.24) is 0 Å². The summed E-state index contributed by atoms with van der Waals surface area (Å²) < 4.78 is 24.0. The average Bonchev–Trinajstić information content (AvgIpc) is 2.42. The van der Waals surface area contributed by atoms with Crippen LogP contribution in [0.5, 0.6) is 11.5 Å². The van der Waals surface area contributed by atoms with Crippen molar-refractivity contribution < 1.29 is 23.8 Å². The second-order valence-electron chi connectivity index (χ2n) is 4.49. The lowest BCUT2D eigenvalue weighted by molar-refractivity contribution is -0.137. The second-order valence-corrected chi connectivity index (χ2v) is 4.49. The number of carboxylic acid groups (broad SMARTS) is 1. The highest BCUT2D eigenvalue weighted by atomic mass is 19.1. The SMILES string of the molecule is COc1cc(C(C)F)c(C(N)CCC(=O)O)cc1OC. The molecule has 1 aromatic rings. The van der Waals surface area contributed by atoms with E-state index in [9.17, 15) is 9.18 Å². The van der Waals surface area contributed by atoms with Gasteiger partial charge in [0.25, 0.3) is 0 Å². The number of carboxylic acids is 1. The summed E-state index contributed by atoms with van der Waals surface area (Å²) in [5, 5.41) is 8.70. The van der Waals surface area contributed by atoms with Gasteiger partial charge < -0.3 is 20.3 Å². The van der Waals surface area contributed by atoms with Crippen LogP contribution in [0.4, 0.5) is 4.39 Å². The fourth-order valence-electron chi connectivity index (χ4n) is 2.01. The lowest BCUT2D eigenvalue weighted by Crippen LogP contribution is -2.15. The summed E-state index contributed by atoms with van der Waals surface area (Å²) in [5.41, 5.74) is 6.90. The number of carbonyl (C=O) groups is 1. The molecule has 0 aromatic heterocycles. The molecule has 0 saturated carbocycles. The Labute approximate surface area is 117 Å². The van der Waals surface area contributed by atoms with Crippen LogP contribution >= 0.6 is 0 Å². The van der Waals surface area contributed by atoms with Gasteiger partial charge in [0.05, 0.1) is 14.2 Å². The molecule has 0 fully saturated rings. The van der Waals surface area contributed by atoms with Crippen LogP contribution in [-0.4, -0.2) is 25.3 Å². The summed E-state index contributed by atoms with van der Waals surface area (Å²) in [5.74, 6) is -0.0744. The fraction of sp³-hybridized carbons (Fsp3) is 0.500. The van der Waals surface area contributed by atoms with Gasteiger partial charge in [-0.05, 0) is 36.6 Å². The normalized spacial score (nSPS) is 13.7. The minimum atomic E-state index is -1.24. The van der Waals surface area contributed by atoms with E-state index in [1.165, 1.54) is 21.1 Å². The Morgan fingerprint density at radius 1 is 1.30 bits per heavy atom. The number of halogens is 1. The summed E-state index contributed by atoms with van der Waals surface area (Å²) in [7, 11) is 2.94. The third-order valence-corrected chi connectivity index (χ3v) is 3.09. The van der Waals surface area contributed by atoms with E-state index in [4.69, 9.17) is 20.3 Å². The van der Waals surface area contributed by atoms with Crippen molar-refractivity contribution in [3.05, 3.63) is 23.3 Å². The lowest BCUT2D eigenvalue weighted by atomic mass is 9.94. The molecule has 0 radical (unpaired) electrons. The lowest BCUT2D eigenvalue weighted by Gasteiger charge is -2.20. The maximum Gasteiger partial charge on any atom is 0.303 e. The minimum Gasteiger partial charge on any atom is -0.493 e. The van der Waals surface area contributed by atoms with Crippen molar-refractivity contribution in [2.24, 2.45) is 5.73 Å². The number of aliphatic carboxylic acids is 1. The summed E-state index contributed by atoms with van der Waals surface area (Å²) in [4.78, 5) is 10.6. The molecule has 0 heterocycles. The maximum atomic E-state index is 13.7. The van der Waals surface area contributed by atoms with Gasteiger partial charge >= 0.3 is 5.97 Å². The maximum absolute atomic E-state index is 13.7. The van der Waals surface area contributed by atoms with Crippen LogP contribution in [0.2, 0.25) is 0 Å².